The van der Waals surface area contributed by atoms with Crippen molar-refractivity contribution < 1.29 is 0 Å². The lowest BCUT2D eigenvalue weighted by Crippen LogP contribution is -2.25. The summed E-state index contributed by atoms with van der Waals surface area (Å²) in [4.78, 5) is 39.8. The molecule has 0 amide bonds. The molecule has 4 rings (SSSR count). The van der Waals surface area contributed by atoms with Gasteiger partial charge >= 0.3 is 5.69 Å². The van der Waals surface area contributed by atoms with Crippen molar-refractivity contribution in [3.63, 3.8) is 0 Å². The molecule has 9 heteroatoms. The third-order valence-corrected chi connectivity index (χ3v) is 3.62. The Morgan fingerprint density at radius 1 is 1.04 bits per heavy atom. The average Bonchev–Trinajstić information content (AvgIpc) is 3.16. The molecule has 114 valence electrons. The van der Waals surface area contributed by atoms with Gasteiger partial charge in [0.25, 0.3) is 11.1 Å². The first-order chi connectivity index (χ1) is 11.1. The topological polar surface area (TPSA) is 128 Å². The number of hydrogen-bond acceptors (Lipinski definition) is 5. The van der Waals surface area contributed by atoms with Crippen LogP contribution in [0.3, 0.4) is 0 Å². The summed E-state index contributed by atoms with van der Waals surface area (Å²) in [7, 11) is 0. The lowest BCUT2D eigenvalue weighted by molar-refractivity contribution is 0.857. The average molecular weight is 310 g/mol. The first kappa shape index (κ1) is 13.2. The van der Waals surface area contributed by atoms with Crippen LogP contribution in [0.5, 0.6) is 0 Å². The molecular weight excluding hydrogens is 300 g/mol. The first-order valence-corrected chi connectivity index (χ1v) is 6.77. The highest BCUT2D eigenvalue weighted by atomic mass is 16.2. The molecule has 23 heavy (non-hydrogen) atoms. The summed E-state index contributed by atoms with van der Waals surface area (Å²) >= 11 is 0. The van der Waals surface area contributed by atoms with Crippen molar-refractivity contribution in [3.05, 3.63) is 67.2 Å². The molecule has 0 fully saturated rings. The third-order valence-electron chi connectivity index (χ3n) is 3.62. The smallest absolute Gasteiger partial charge is 0.292 e. The van der Waals surface area contributed by atoms with E-state index >= 15 is 0 Å². The summed E-state index contributed by atoms with van der Waals surface area (Å²) in [6.07, 6.45) is 1.69. The second kappa shape index (κ2) is 4.77. The fourth-order valence-corrected chi connectivity index (χ4v) is 2.49. The molecule has 2 aromatic heterocycles. The minimum absolute atomic E-state index is 0.0870. The number of rotatable bonds is 2. The number of nitrogens with zero attached hydrogens (tertiary/aromatic N) is 3. The molecule has 1 aromatic carbocycles. The van der Waals surface area contributed by atoms with Gasteiger partial charge in [-0.2, -0.15) is 10.2 Å². The molecule has 0 spiro atoms. The Labute approximate surface area is 127 Å². The number of fused-ring (bicyclic) bond motifs is 1. The Morgan fingerprint density at radius 3 is 2.52 bits per heavy atom. The molecule has 0 atom stereocenters. The molecule has 0 radical (unpaired) electrons. The number of aromatic amines is 3. The molecule has 0 unspecified atom stereocenters. The molecule has 3 N–H and O–H groups in total. The SMILES string of the molecule is O=c1[nH]c(=O)c2c(=O)n(-c3ccc(C4=CN=NC4)cc3)[nH]c2[nH]1. The van der Waals surface area contributed by atoms with Crippen molar-refractivity contribution in [2.45, 2.75) is 0 Å². The van der Waals surface area contributed by atoms with Crippen LogP contribution in [0.25, 0.3) is 22.3 Å². The van der Waals surface area contributed by atoms with Gasteiger partial charge in [-0.1, -0.05) is 12.1 Å². The van der Waals surface area contributed by atoms with Crippen LogP contribution in [0, 0.1) is 0 Å². The first-order valence-electron chi connectivity index (χ1n) is 6.77. The van der Waals surface area contributed by atoms with E-state index in [1.807, 2.05) is 17.1 Å². The highest BCUT2D eigenvalue weighted by molar-refractivity contribution is 5.73. The maximum absolute atomic E-state index is 12.4. The van der Waals surface area contributed by atoms with E-state index in [1.54, 1.807) is 18.3 Å². The molecule has 0 saturated carbocycles. The van der Waals surface area contributed by atoms with E-state index in [0.717, 1.165) is 11.1 Å². The van der Waals surface area contributed by atoms with Crippen LogP contribution < -0.4 is 16.8 Å². The molecular formula is C14H10N6O3. The fraction of sp³-hybridized carbons (Fsp3) is 0.0714. The van der Waals surface area contributed by atoms with Crippen LogP contribution >= 0.6 is 0 Å². The van der Waals surface area contributed by atoms with Crippen molar-refractivity contribution in [3.8, 4) is 5.69 Å². The summed E-state index contributed by atoms with van der Waals surface area (Å²) in [5, 5.41) is 10.3. The Kier molecular flexibility index (Phi) is 2.73. The normalized spacial score (nSPS) is 13.7. The number of benzene rings is 1. The largest absolute Gasteiger partial charge is 0.327 e. The number of hydrogen-bond donors (Lipinski definition) is 3. The third kappa shape index (κ3) is 2.06. The minimum Gasteiger partial charge on any atom is -0.292 e. The van der Waals surface area contributed by atoms with Gasteiger partial charge in [0.2, 0.25) is 0 Å². The highest BCUT2D eigenvalue weighted by Crippen LogP contribution is 2.20. The van der Waals surface area contributed by atoms with E-state index in [1.165, 1.54) is 4.68 Å². The number of aromatic nitrogens is 4. The zero-order valence-electron chi connectivity index (χ0n) is 11.7. The molecule has 3 heterocycles. The maximum Gasteiger partial charge on any atom is 0.327 e. The van der Waals surface area contributed by atoms with Gasteiger partial charge in [-0.15, -0.1) is 0 Å². The van der Waals surface area contributed by atoms with Crippen LogP contribution in [0.4, 0.5) is 0 Å². The van der Waals surface area contributed by atoms with E-state index in [2.05, 4.69) is 20.3 Å². The van der Waals surface area contributed by atoms with Gasteiger partial charge in [-0.05, 0) is 17.7 Å². The summed E-state index contributed by atoms with van der Waals surface area (Å²) in [5.74, 6) is 0. The summed E-state index contributed by atoms with van der Waals surface area (Å²) in [5.41, 5.74) is 0.643. The van der Waals surface area contributed by atoms with Crippen molar-refractivity contribution in [2.24, 2.45) is 10.2 Å². The predicted octanol–water partition coefficient (Wildman–Crippen LogP) is 0.502. The second-order valence-corrected chi connectivity index (χ2v) is 5.03. The Morgan fingerprint density at radius 2 is 1.83 bits per heavy atom. The summed E-state index contributed by atoms with van der Waals surface area (Å²) in [6.45, 7) is 0.530. The zero-order valence-corrected chi connectivity index (χ0v) is 11.7. The van der Waals surface area contributed by atoms with E-state index in [-0.39, 0.29) is 11.0 Å². The summed E-state index contributed by atoms with van der Waals surface area (Å²) < 4.78 is 1.21. The number of azo groups is 1. The Bertz CT molecular complexity index is 1140. The van der Waals surface area contributed by atoms with E-state index in [0.29, 0.717) is 12.2 Å². The van der Waals surface area contributed by atoms with Gasteiger partial charge in [0.15, 0.2) is 0 Å². The van der Waals surface area contributed by atoms with Gasteiger partial charge in [0, 0.05) is 5.57 Å². The molecule has 1 aliphatic heterocycles. The van der Waals surface area contributed by atoms with Crippen LogP contribution in [0.1, 0.15) is 5.56 Å². The monoisotopic (exact) mass is 310 g/mol. The van der Waals surface area contributed by atoms with Crippen molar-refractivity contribution in [2.75, 3.05) is 6.54 Å². The van der Waals surface area contributed by atoms with Gasteiger partial charge in [-0.25, -0.2) is 9.48 Å². The van der Waals surface area contributed by atoms with Crippen LogP contribution in [-0.2, 0) is 0 Å². The lowest BCUT2D eigenvalue weighted by atomic mass is 10.1. The van der Waals surface area contributed by atoms with Gasteiger partial charge in [0.1, 0.15) is 11.0 Å². The number of H-pyrrole nitrogens is 3. The summed E-state index contributed by atoms with van der Waals surface area (Å²) in [6, 6.07) is 7.14. The highest BCUT2D eigenvalue weighted by Gasteiger charge is 2.13. The van der Waals surface area contributed by atoms with Gasteiger partial charge in [-0.3, -0.25) is 24.7 Å². The maximum atomic E-state index is 12.4. The van der Waals surface area contributed by atoms with Crippen molar-refractivity contribution in [1.82, 2.24) is 19.7 Å². The fourth-order valence-electron chi connectivity index (χ4n) is 2.49. The van der Waals surface area contributed by atoms with Gasteiger partial charge in [0.05, 0.1) is 18.4 Å². The van der Waals surface area contributed by atoms with Gasteiger partial charge < -0.3 is 0 Å². The molecule has 0 bridgehead atoms. The van der Waals surface area contributed by atoms with E-state index in [4.69, 9.17) is 0 Å². The molecule has 3 aromatic rings. The molecule has 0 saturated heterocycles. The van der Waals surface area contributed by atoms with E-state index in [9.17, 15) is 14.4 Å². The van der Waals surface area contributed by atoms with Crippen LogP contribution in [-0.4, -0.2) is 26.3 Å². The quantitative estimate of drug-likeness (QED) is 0.637. The molecule has 0 aliphatic carbocycles. The minimum atomic E-state index is -0.722. The Hall–Kier alpha value is -3.49. The molecule has 9 nitrogen and oxygen atoms in total. The van der Waals surface area contributed by atoms with E-state index < -0.39 is 16.8 Å². The zero-order chi connectivity index (χ0) is 16.0. The van der Waals surface area contributed by atoms with Crippen LogP contribution in [0.15, 0.2) is 55.1 Å². The standard InChI is InChI=1S/C14H10N6O3/c21-12-10-11(17-14(23)18-12)19-20(13(10)22)9-3-1-7(2-4-9)8-5-15-16-6-8/h1-5H,6H2,(H3,17,18,19,21,23). The van der Waals surface area contributed by atoms with Crippen molar-refractivity contribution >= 4 is 16.6 Å². The Balaban J connectivity index is 1.85. The molecule has 1 aliphatic rings. The predicted molar refractivity (Wildman–Crippen MR) is 82.8 cm³/mol. The van der Waals surface area contributed by atoms with Crippen molar-refractivity contribution in [1.29, 1.82) is 0 Å². The lowest BCUT2D eigenvalue weighted by Gasteiger charge is -2.04. The van der Waals surface area contributed by atoms with Crippen LogP contribution in [0.2, 0.25) is 0 Å². The second-order valence-electron chi connectivity index (χ2n) is 5.03. The number of nitrogens with one attached hydrogen (secondary N) is 3.